The first-order valence-corrected chi connectivity index (χ1v) is 9.28. The number of fused-ring (bicyclic) bond motifs is 3. The van der Waals surface area contributed by atoms with Crippen molar-refractivity contribution in [3.63, 3.8) is 0 Å². The molecule has 1 aromatic heterocycles. The van der Waals surface area contributed by atoms with E-state index in [2.05, 4.69) is 9.44 Å². The second-order valence-electron chi connectivity index (χ2n) is 6.62. The van der Waals surface area contributed by atoms with E-state index in [-0.39, 0.29) is 11.5 Å². The van der Waals surface area contributed by atoms with Gasteiger partial charge in [-0.1, -0.05) is 5.16 Å². The largest absolute Gasteiger partial charge is 0.418 e. The summed E-state index contributed by atoms with van der Waals surface area (Å²) in [7, 11) is -4.76. The molecule has 3 N–H and O–H groups in total. The first-order chi connectivity index (χ1) is 12.3. The number of urea groups is 1. The van der Waals surface area contributed by atoms with E-state index in [4.69, 9.17) is 24.7 Å². The molecule has 0 unspecified atom stereocenters. The standard InChI is InChI=1S/C13H18N4O6S.O2/c14-4-1-8-5-9(15-22-8)10-6-13(2-3-13)11-7-16(10)12(18)17(11)23-24(19,20)21;1-2/h5,10-11H,1-4,6-7,14H2,(H,19,20,21);/t10-,11-;/m0./s1. The Morgan fingerprint density at radius 1 is 1.42 bits per heavy atom. The number of piperidine rings is 1. The predicted octanol–water partition coefficient (Wildman–Crippen LogP) is 0.308. The van der Waals surface area contributed by atoms with Crippen molar-refractivity contribution in [1.29, 1.82) is 0 Å². The second-order valence-corrected chi connectivity index (χ2v) is 7.62. The molecular formula is C13H18N4O8S. The third kappa shape index (κ3) is 3.18. The molecule has 3 fully saturated rings. The van der Waals surface area contributed by atoms with Crippen molar-refractivity contribution in [2.45, 2.75) is 37.8 Å². The smallest absolute Gasteiger partial charge is 0.361 e. The SMILES string of the molecule is NCCc1cc([C@@H]2CC3(CC3)[C@@H]3CN2C(=O)N3OS(=O)(=O)O)no1.O=O. The minimum atomic E-state index is -4.76. The van der Waals surface area contributed by atoms with Gasteiger partial charge in [0.1, 0.15) is 11.5 Å². The normalized spacial score (nSPS) is 26.0. The molecular weight excluding hydrogens is 372 g/mol. The predicted molar refractivity (Wildman–Crippen MR) is 85.4 cm³/mol. The molecule has 2 bridgehead atoms. The van der Waals surface area contributed by atoms with Gasteiger partial charge in [0.2, 0.25) is 0 Å². The lowest BCUT2D eigenvalue weighted by Gasteiger charge is -2.35. The summed E-state index contributed by atoms with van der Waals surface area (Å²) in [6, 6.07) is 0.503. The number of rotatable bonds is 5. The van der Waals surface area contributed by atoms with Crippen molar-refractivity contribution in [1.82, 2.24) is 15.1 Å². The molecule has 144 valence electrons. The number of carbonyl (C=O) groups is 1. The maximum absolute atomic E-state index is 12.6. The number of nitrogens with two attached hydrogens (primary N) is 1. The van der Waals surface area contributed by atoms with E-state index in [0.717, 1.165) is 17.9 Å². The Kier molecular flexibility index (Phi) is 4.72. The van der Waals surface area contributed by atoms with Gasteiger partial charge in [0, 0.05) is 29.0 Å². The molecule has 1 saturated carbocycles. The fourth-order valence-corrected chi connectivity index (χ4v) is 4.20. The van der Waals surface area contributed by atoms with Gasteiger partial charge in [0.05, 0.1) is 12.1 Å². The third-order valence-electron chi connectivity index (χ3n) is 5.15. The minimum absolute atomic E-state index is 0.203. The topological polar surface area (TPSA) is 173 Å². The number of hydrogen-bond donors (Lipinski definition) is 2. The lowest BCUT2D eigenvalue weighted by Crippen LogP contribution is -2.43. The van der Waals surface area contributed by atoms with Crippen LogP contribution in [0.15, 0.2) is 10.6 Å². The van der Waals surface area contributed by atoms with Gasteiger partial charge in [-0.05, 0) is 31.2 Å². The maximum Gasteiger partial charge on any atom is 0.418 e. The zero-order chi connectivity index (χ0) is 19.1. The zero-order valence-corrected chi connectivity index (χ0v) is 14.4. The number of hydroxylamine groups is 2. The Balaban J connectivity index is 0.000000948. The Morgan fingerprint density at radius 2 is 2.12 bits per heavy atom. The Morgan fingerprint density at radius 3 is 2.69 bits per heavy atom. The quantitative estimate of drug-likeness (QED) is 0.666. The van der Waals surface area contributed by atoms with E-state index in [0.29, 0.717) is 37.4 Å². The van der Waals surface area contributed by atoms with Crippen LogP contribution in [-0.4, -0.2) is 53.3 Å². The molecule has 2 amide bonds. The van der Waals surface area contributed by atoms with Gasteiger partial charge in [-0.3, -0.25) is 4.55 Å². The Hall–Kier alpha value is -2.09. The Bertz CT molecular complexity index is 792. The van der Waals surface area contributed by atoms with Crippen molar-refractivity contribution >= 4 is 16.4 Å². The maximum atomic E-state index is 12.6. The molecule has 13 heteroatoms. The molecule has 4 rings (SSSR count). The van der Waals surface area contributed by atoms with Crippen molar-refractivity contribution in [3.05, 3.63) is 27.5 Å². The van der Waals surface area contributed by atoms with Crippen LogP contribution < -0.4 is 5.73 Å². The monoisotopic (exact) mass is 390 g/mol. The first-order valence-electron chi connectivity index (χ1n) is 7.92. The van der Waals surface area contributed by atoms with Crippen LogP contribution >= 0.6 is 0 Å². The van der Waals surface area contributed by atoms with Crippen LogP contribution in [0.2, 0.25) is 0 Å². The number of hydrogen-bond acceptors (Lipinski definition) is 9. The molecule has 3 heterocycles. The van der Waals surface area contributed by atoms with E-state index in [1.165, 1.54) is 4.90 Å². The average molecular weight is 390 g/mol. The van der Waals surface area contributed by atoms with Gasteiger partial charge in [-0.2, -0.15) is 13.5 Å². The molecule has 3 aliphatic rings. The first kappa shape index (κ1) is 18.7. The van der Waals surface area contributed by atoms with E-state index in [9.17, 15) is 13.2 Å². The van der Waals surface area contributed by atoms with Crippen molar-refractivity contribution in [2.24, 2.45) is 11.1 Å². The highest BCUT2D eigenvalue weighted by molar-refractivity contribution is 7.80. The molecule has 1 aromatic rings. The molecule has 0 radical (unpaired) electrons. The highest BCUT2D eigenvalue weighted by atomic mass is 32.3. The van der Waals surface area contributed by atoms with Gasteiger partial charge in [0.15, 0.2) is 0 Å². The van der Waals surface area contributed by atoms with Gasteiger partial charge in [0.25, 0.3) is 0 Å². The summed E-state index contributed by atoms with van der Waals surface area (Å²) in [5.41, 5.74) is 5.93. The van der Waals surface area contributed by atoms with Crippen LogP contribution in [-0.2, 0) is 21.1 Å². The number of carbonyl (C=O) groups excluding carboxylic acids is 1. The Labute approximate surface area is 148 Å². The van der Waals surface area contributed by atoms with E-state index in [1.54, 1.807) is 6.07 Å². The summed E-state index contributed by atoms with van der Waals surface area (Å²) in [5, 5.41) is 4.85. The van der Waals surface area contributed by atoms with Crippen LogP contribution in [0.1, 0.15) is 36.8 Å². The van der Waals surface area contributed by atoms with E-state index < -0.39 is 22.5 Å². The molecule has 12 nitrogen and oxygen atoms in total. The molecule has 2 saturated heterocycles. The number of nitrogens with zero attached hydrogens (tertiary/aromatic N) is 3. The minimum Gasteiger partial charge on any atom is -0.361 e. The van der Waals surface area contributed by atoms with Crippen molar-refractivity contribution < 1.29 is 26.6 Å². The molecule has 0 aromatic carbocycles. The number of amides is 2. The summed E-state index contributed by atoms with van der Waals surface area (Å²) in [4.78, 5) is 28.1. The van der Waals surface area contributed by atoms with Gasteiger partial charge >= 0.3 is 16.4 Å². The molecule has 1 aliphatic carbocycles. The van der Waals surface area contributed by atoms with Gasteiger partial charge < -0.3 is 15.2 Å². The average Bonchev–Trinajstić information content (AvgIpc) is 3.10. The van der Waals surface area contributed by atoms with Gasteiger partial charge in [-0.25, -0.2) is 4.79 Å². The molecule has 26 heavy (non-hydrogen) atoms. The molecule has 2 atom stereocenters. The second kappa shape index (κ2) is 6.57. The van der Waals surface area contributed by atoms with Crippen molar-refractivity contribution in [3.8, 4) is 0 Å². The third-order valence-corrected chi connectivity index (χ3v) is 5.49. The van der Waals surface area contributed by atoms with Crippen molar-refractivity contribution in [2.75, 3.05) is 13.1 Å². The van der Waals surface area contributed by atoms with E-state index >= 15 is 0 Å². The number of aromatic nitrogens is 1. The summed E-state index contributed by atoms with van der Waals surface area (Å²) >= 11 is 0. The van der Waals surface area contributed by atoms with Crippen LogP contribution in [0.4, 0.5) is 4.79 Å². The van der Waals surface area contributed by atoms with Crippen LogP contribution in [0.25, 0.3) is 0 Å². The highest BCUT2D eigenvalue weighted by Crippen LogP contribution is 2.61. The molecule has 1 spiro atoms. The summed E-state index contributed by atoms with van der Waals surface area (Å²) in [6.45, 7) is 0.766. The molecule has 2 aliphatic heterocycles. The lowest BCUT2D eigenvalue weighted by atomic mass is 9.84. The van der Waals surface area contributed by atoms with Crippen LogP contribution in [0.5, 0.6) is 0 Å². The zero-order valence-electron chi connectivity index (χ0n) is 13.6. The summed E-state index contributed by atoms with van der Waals surface area (Å²) < 4.78 is 40.9. The fourth-order valence-electron chi connectivity index (χ4n) is 3.83. The van der Waals surface area contributed by atoms with Gasteiger partial charge in [-0.15, -0.1) is 4.28 Å². The van der Waals surface area contributed by atoms with Crippen LogP contribution in [0.3, 0.4) is 0 Å². The summed E-state index contributed by atoms with van der Waals surface area (Å²) in [6.07, 6.45) is 2.95. The fraction of sp³-hybridized carbons (Fsp3) is 0.692. The highest BCUT2D eigenvalue weighted by Gasteiger charge is 2.64. The van der Waals surface area contributed by atoms with E-state index in [1.807, 2.05) is 0 Å². The lowest BCUT2D eigenvalue weighted by molar-refractivity contribution is -0.0527. The van der Waals surface area contributed by atoms with Crippen LogP contribution in [0, 0.1) is 15.3 Å². The summed E-state index contributed by atoms with van der Waals surface area (Å²) in [5.74, 6) is 0.650.